The van der Waals surface area contributed by atoms with E-state index in [2.05, 4.69) is 36.0 Å². The molecule has 2 aromatic rings. The number of rotatable bonds is 5. The predicted octanol–water partition coefficient (Wildman–Crippen LogP) is 3.76. The minimum Gasteiger partial charge on any atom is -0.324 e. The van der Waals surface area contributed by atoms with Crippen LogP contribution in [0.5, 0.6) is 0 Å². The smallest absolute Gasteiger partial charge is 0.181 e. The fourth-order valence-corrected chi connectivity index (χ4v) is 1.80. The van der Waals surface area contributed by atoms with E-state index in [0.29, 0.717) is 18.2 Å². The Morgan fingerprint density at radius 3 is 2.35 bits per heavy atom. The van der Waals surface area contributed by atoms with E-state index >= 15 is 0 Å². The van der Waals surface area contributed by atoms with Crippen molar-refractivity contribution in [3.8, 4) is 11.4 Å². The van der Waals surface area contributed by atoms with Crippen molar-refractivity contribution in [2.45, 2.75) is 46.6 Å². The third-order valence-electron chi connectivity index (χ3n) is 3.24. The first-order valence-corrected chi connectivity index (χ1v) is 7.37. The SMILES string of the molecule is CCCC(C)CC.NCc1nc(-c2ccccc2)n[nH]1. The monoisotopic (exact) mass is 274 g/mol. The highest BCUT2D eigenvalue weighted by molar-refractivity contribution is 5.53. The van der Waals surface area contributed by atoms with Gasteiger partial charge >= 0.3 is 0 Å². The molecule has 0 spiro atoms. The van der Waals surface area contributed by atoms with E-state index in [1.54, 1.807) is 0 Å². The minimum absolute atomic E-state index is 0.389. The van der Waals surface area contributed by atoms with E-state index in [1.807, 2.05) is 30.3 Å². The van der Waals surface area contributed by atoms with Gasteiger partial charge in [-0.25, -0.2) is 4.98 Å². The van der Waals surface area contributed by atoms with Gasteiger partial charge in [-0.3, -0.25) is 5.10 Å². The van der Waals surface area contributed by atoms with Crippen molar-refractivity contribution < 1.29 is 0 Å². The Bertz CT molecular complexity index is 464. The Morgan fingerprint density at radius 2 is 1.90 bits per heavy atom. The lowest BCUT2D eigenvalue weighted by Gasteiger charge is -2.02. The third kappa shape index (κ3) is 5.53. The van der Waals surface area contributed by atoms with E-state index in [0.717, 1.165) is 11.5 Å². The van der Waals surface area contributed by atoms with Crippen LogP contribution in [-0.4, -0.2) is 15.2 Å². The van der Waals surface area contributed by atoms with Crippen LogP contribution in [0, 0.1) is 5.92 Å². The average molecular weight is 274 g/mol. The summed E-state index contributed by atoms with van der Waals surface area (Å²) in [6.07, 6.45) is 4.08. The molecule has 0 radical (unpaired) electrons. The summed E-state index contributed by atoms with van der Waals surface area (Å²) in [4.78, 5) is 4.21. The molecule has 1 aromatic carbocycles. The molecule has 20 heavy (non-hydrogen) atoms. The maximum Gasteiger partial charge on any atom is 0.181 e. The molecule has 110 valence electrons. The number of nitrogens with zero attached hydrogens (tertiary/aromatic N) is 2. The summed E-state index contributed by atoms with van der Waals surface area (Å²) >= 11 is 0. The summed E-state index contributed by atoms with van der Waals surface area (Å²) in [5.41, 5.74) is 6.41. The molecular formula is C16H26N4. The Hall–Kier alpha value is -1.68. The van der Waals surface area contributed by atoms with E-state index in [4.69, 9.17) is 5.73 Å². The van der Waals surface area contributed by atoms with Crippen LogP contribution in [0.1, 0.15) is 45.9 Å². The normalized spacial score (nSPS) is 11.6. The molecule has 2 rings (SSSR count). The van der Waals surface area contributed by atoms with Gasteiger partial charge in [-0.1, -0.05) is 70.4 Å². The molecule has 0 fully saturated rings. The molecule has 4 nitrogen and oxygen atoms in total. The Labute approximate surface area is 121 Å². The van der Waals surface area contributed by atoms with Crippen LogP contribution in [0.3, 0.4) is 0 Å². The molecule has 0 bridgehead atoms. The van der Waals surface area contributed by atoms with Crippen molar-refractivity contribution in [1.29, 1.82) is 0 Å². The van der Waals surface area contributed by atoms with Crippen LogP contribution in [-0.2, 0) is 6.54 Å². The van der Waals surface area contributed by atoms with Crippen LogP contribution in [0.2, 0.25) is 0 Å². The highest BCUT2D eigenvalue weighted by atomic mass is 15.2. The number of nitrogens with two attached hydrogens (primary N) is 1. The zero-order chi connectivity index (χ0) is 14.8. The number of hydrogen-bond donors (Lipinski definition) is 2. The molecule has 0 amide bonds. The first-order valence-electron chi connectivity index (χ1n) is 7.37. The van der Waals surface area contributed by atoms with Crippen LogP contribution < -0.4 is 5.73 Å². The average Bonchev–Trinajstić information content (AvgIpc) is 2.98. The van der Waals surface area contributed by atoms with Gasteiger partial charge in [-0.2, -0.15) is 5.10 Å². The lowest BCUT2D eigenvalue weighted by Crippen LogP contribution is -1.97. The lowest BCUT2D eigenvalue weighted by molar-refractivity contribution is 0.509. The molecule has 0 aliphatic heterocycles. The molecule has 1 atom stereocenters. The zero-order valence-corrected chi connectivity index (χ0v) is 12.8. The molecule has 0 saturated heterocycles. The first-order chi connectivity index (χ1) is 9.71. The number of aromatic nitrogens is 3. The molecule has 0 aliphatic rings. The summed E-state index contributed by atoms with van der Waals surface area (Å²) < 4.78 is 0. The summed E-state index contributed by atoms with van der Waals surface area (Å²) in [5.74, 6) is 2.35. The summed E-state index contributed by atoms with van der Waals surface area (Å²) in [5, 5.41) is 6.81. The molecule has 0 saturated carbocycles. The van der Waals surface area contributed by atoms with Crippen molar-refractivity contribution >= 4 is 0 Å². The summed E-state index contributed by atoms with van der Waals surface area (Å²) in [6, 6.07) is 9.79. The predicted molar refractivity (Wildman–Crippen MR) is 84.1 cm³/mol. The molecule has 3 N–H and O–H groups in total. The van der Waals surface area contributed by atoms with Gasteiger partial charge in [0.1, 0.15) is 5.82 Å². The second-order valence-electron chi connectivity index (χ2n) is 4.98. The van der Waals surface area contributed by atoms with E-state index in [1.165, 1.54) is 19.3 Å². The summed E-state index contributed by atoms with van der Waals surface area (Å²) in [7, 11) is 0. The Kier molecular flexibility index (Phi) is 7.58. The van der Waals surface area contributed by atoms with Gasteiger partial charge in [0.25, 0.3) is 0 Å². The number of H-pyrrole nitrogens is 1. The van der Waals surface area contributed by atoms with Crippen LogP contribution in [0.25, 0.3) is 11.4 Å². The third-order valence-corrected chi connectivity index (χ3v) is 3.24. The molecule has 1 unspecified atom stereocenters. The Balaban J connectivity index is 0.000000246. The highest BCUT2D eigenvalue weighted by Crippen LogP contribution is 2.12. The van der Waals surface area contributed by atoms with Crippen molar-refractivity contribution in [1.82, 2.24) is 15.2 Å². The van der Waals surface area contributed by atoms with Crippen molar-refractivity contribution in [2.75, 3.05) is 0 Å². The number of nitrogens with one attached hydrogen (secondary N) is 1. The van der Waals surface area contributed by atoms with E-state index in [9.17, 15) is 0 Å². The molecule has 4 heteroatoms. The van der Waals surface area contributed by atoms with Gasteiger partial charge in [0.15, 0.2) is 5.82 Å². The second-order valence-corrected chi connectivity index (χ2v) is 4.98. The number of aromatic amines is 1. The fraction of sp³-hybridized carbons (Fsp3) is 0.500. The van der Waals surface area contributed by atoms with Gasteiger partial charge in [0.2, 0.25) is 0 Å². The van der Waals surface area contributed by atoms with Crippen LogP contribution in [0.4, 0.5) is 0 Å². The van der Waals surface area contributed by atoms with Crippen LogP contribution in [0.15, 0.2) is 30.3 Å². The quantitative estimate of drug-likeness (QED) is 0.872. The minimum atomic E-state index is 0.389. The van der Waals surface area contributed by atoms with Gasteiger partial charge < -0.3 is 5.73 Å². The fourth-order valence-electron chi connectivity index (χ4n) is 1.80. The lowest BCUT2D eigenvalue weighted by atomic mass is 10.0. The maximum absolute atomic E-state index is 5.41. The standard InChI is InChI=1S/C9H10N4.C7H16/c10-6-8-11-9(13-12-8)7-4-2-1-3-5-7;1-4-6-7(3)5-2/h1-5H,6,10H2,(H,11,12,13);7H,4-6H2,1-3H3. The maximum atomic E-state index is 5.41. The van der Waals surface area contributed by atoms with Crippen molar-refractivity contribution in [3.05, 3.63) is 36.2 Å². The van der Waals surface area contributed by atoms with Gasteiger partial charge in [0, 0.05) is 5.56 Å². The van der Waals surface area contributed by atoms with Crippen molar-refractivity contribution in [3.63, 3.8) is 0 Å². The molecule has 1 aromatic heterocycles. The molecule has 0 aliphatic carbocycles. The largest absolute Gasteiger partial charge is 0.324 e. The van der Waals surface area contributed by atoms with Gasteiger partial charge in [-0.05, 0) is 5.92 Å². The molecule has 1 heterocycles. The molecular weight excluding hydrogens is 248 g/mol. The summed E-state index contributed by atoms with van der Waals surface area (Å²) in [6.45, 7) is 7.19. The first kappa shape index (κ1) is 16.4. The zero-order valence-electron chi connectivity index (χ0n) is 12.8. The topological polar surface area (TPSA) is 67.6 Å². The van der Waals surface area contributed by atoms with Gasteiger partial charge in [0.05, 0.1) is 6.54 Å². The van der Waals surface area contributed by atoms with E-state index < -0.39 is 0 Å². The van der Waals surface area contributed by atoms with Crippen molar-refractivity contribution in [2.24, 2.45) is 11.7 Å². The second kappa shape index (κ2) is 9.26. The highest BCUT2D eigenvalue weighted by Gasteiger charge is 2.02. The number of benzene rings is 1. The van der Waals surface area contributed by atoms with Gasteiger partial charge in [-0.15, -0.1) is 0 Å². The Morgan fingerprint density at radius 1 is 1.20 bits per heavy atom. The van der Waals surface area contributed by atoms with Crippen LogP contribution >= 0.6 is 0 Å². The van der Waals surface area contributed by atoms with E-state index in [-0.39, 0.29) is 0 Å². The number of hydrogen-bond acceptors (Lipinski definition) is 3.